The Labute approximate surface area is 192 Å². The van der Waals surface area contributed by atoms with Gasteiger partial charge in [-0.3, -0.25) is 14.4 Å². The molecule has 1 aromatic rings. The predicted octanol–water partition coefficient (Wildman–Crippen LogP) is 2.04. The van der Waals surface area contributed by atoms with Gasteiger partial charge in [0.05, 0.1) is 16.8 Å². The molecule has 1 saturated heterocycles. The number of benzene rings is 1. The molecular formula is C24H29N5O4. The van der Waals surface area contributed by atoms with Gasteiger partial charge < -0.3 is 19.1 Å². The first-order valence-corrected chi connectivity index (χ1v) is 11.3. The van der Waals surface area contributed by atoms with Crippen LogP contribution >= 0.6 is 0 Å². The molecule has 0 aliphatic carbocycles. The summed E-state index contributed by atoms with van der Waals surface area (Å²) in [6.45, 7) is 8.11. The molecule has 1 fully saturated rings. The van der Waals surface area contributed by atoms with Crippen molar-refractivity contribution < 1.29 is 14.3 Å². The Morgan fingerprint density at radius 1 is 1.03 bits per heavy atom. The third kappa shape index (κ3) is 4.54. The van der Waals surface area contributed by atoms with Gasteiger partial charge in [-0.15, -0.1) is 0 Å². The SMILES string of the molecule is CCOCC(=O)N1CCN(C(=O)c2cn(C(C)C)cc3c(=O)n(-c4ccccc4)nc2-3)CC1. The monoisotopic (exact) mass is 451 g/mol. The second-order valence-corrected chi connectivity index (χ2v) is 8.34. The minimum Gasteiger partial charge on any atom is -0.372 e. The zero-order valence-corrected chi connectivity index (χ0v) is 19.2. The number of fused-ring (bicyclic) bond motifs is 1. The molecule has 3 aliphatic heterocycles. The molecular weight excluding hydrogens is 422 g/mol. The summed E-state index contributed by atoms with van der Waals surface area (Å²) in [6, 6.07) is 9.24. The van der Waals surface area contributed by atoms with Crippen LogP contribution < -0.4 is 5.56 Å². The molecule has 9 heteroatoms. The van der Waals surface area contributed by atoms with Gasteiger partial charge in [-0.05, 0) is 32.9 Å². The topological polar surface area (TPSA) is 89.7 Å². The van der Waals surface area contributed by atoms with Crippen LogP contribution in [0.1, 0.15) is 37.2 Å². The Morgan fingerprint density at radius 3 is 2.33 bits per heavy atom. The van der Waals surface area contributed by atoms with E-state index in [1.807, 2.05) is 55.7 Å². The van der Waals surface area contributed by atoms with Gasteiger partial charge in [0.15, 0.2) is 0 Å². The normalized spacial score (nSPS) is 14.3. The number of carbonyl (C=O) groups excluding carboxylic acids is 2. The molecule has 4 rings (SSSR count). The first-order valence-electron chi connectivity index (χ1n) is 11.3. The van der Waals surface area contributed by atoms with Crippen LogP contribution in [0.25, 0.3) is 16.9 Å². The van der Waals surface area contributed by atoms with Crippen molar-refractivity contribution in [3.8, 4) is 16.9 Å². The molecule has 174 valence electrons. The summed E-state index contributed by atoms with van der Waals surface area (Å²) >= 11 is 0. The first kappa shape index (κ1) is 22.7. The number of carbonyl (C=O) groups is 2. The van der Waals surface area contributed by atoms with Gasteiger partial charge in [0.1, 0.15) is 12.3 Å². The second-order valence-electron chi connectivity index (χ2n) is 8.34. The molecule has 3 aliphatic rings. The number of ether oxygens (including phenoxy) is 1. The lowest BCUT2D eigenvalue weighted by Gasteiger charge is -2.35. The van der Waals surface area contributed by atoms with E-state index in [-0.39, 0.29) is 30.0 Å². The Kier molecular flexibility index (Phi) is 6.60. The Balaban J connectivity index is 1.65. The van der Waals surface area contributed by atoms with Crippen molar-refractivity contribution in [2.45, 2.75) is 26.8 Å². The molecule has 9 nitrogen and oxygen atoms in total. The van der Waals surface area contributed by atoms with E-state index in [4.69, 9.17) is 4.74 Å². The number of hydrogen-bond acceptors (Lipinski definition) is 5. The maximum atomic E-state index is 13.5. The molecule has 33 heavy (non-hydrogen) atoms. The van der Waals surface area contributed by atoms with Crippen LogP contribution in [0.3, 0.4) is 0 Å². The summed E-state index contributed by atoms with van der Waals surface area (Å²) in [5.74, 6) is -0.258. The molecule has 2 amide bonds. The highest BCUT2D eigenvalue weighted by Crippen LogP contribution is 2.25. The number of para-hydroxylation sites is 1. The van der Waals surface area contributed by atoms with Crippen molar-refractivity contribution in [3.05, 3.63) is 58.6 Å². The van der Waals surface area contributed by atoms with Crippen LogP contribution in [0.4, 0.5) is 0 Å². The van der Waals surface area contributed by atoms with Gasteiger partial charge >= 0.3 is 0 Å². The van der Waals surface area contributed by atoms with Crippen LogP contribution in [-0.2, 0) is 9.53 Å². The first-order chi connectivity index (χ1) is 15.9. The molecule has 0 bridgehead atoms. The van der Waals surface area contributed by atoms with Crippen LogP contribution in [-0.4, -0.2) is 75.4 Å². The lowest BCUT2D eigenvalue weighted by atomic mass is 10.1. The number of amides is 2. The smallest absolute Gasteiger partial charge is 0.282 e. The van der Waals surface area contributed by atoms with E-state index in [1.165, 1.54) is 4.68 Å². The largest absolute Gasteiger partial charge is 0.372 e. The standard InChI is InChI=1S/C24H29N5O4/c1-4-33-16-21(30)26-10-12-27(13-11-26)23(31)19-14-28(17(2)3)15-20-22(19)25-29(24(20)32)18-8-6-5-7-9-18/h5-9,14-15,17H,4,10-13,16H2,1-3H3. The number of nitrogens with zero attached hydrogens (tertiary/aromatic N) is 5. The van der Waals surface area contributed by atoms with Gasteiger partial charge in [-0.25, -0.2) is 0 Å². The fraction of sp³-hybridized carbons (Fsp3) is 0.417. The number of hydrogen-bond donors (Lipinski definition) is 0. The maximum Gasteiger partial charge on any atom is 0.282 e. The molecule has 1 aromatic carbocycles. The molecule has 0 atom stereocenters. The van der Waals surface area contributed by atoms with Gasteiger partial charge in [0.2, 0.25) is 5.91 Å². The van der Waals surface area contributed by atoms with Crippen LogP contribution in [0.5, 0.6) is 0 Å². The maximum absolute atomic E-state index is 13.5. The van der Waals surface area contributed by atoms with Crippen molar-refractivity contribution in [1.29, 1.82) is 0 Å². The van der Waals surface area contributed by atoms with Gasteiger partial charge in [-0.1, -0.05) is 18.2 Å². The minimum absolute atomic E-state index is 0.0569. The van der Waals surface area contributed by atoms with Crippen molar-refractivity contribution in [2.75, 3.05) is 39.4 Å². The molecule has 0 aromatic heterocycles. The Hall–Kier alpha value is -3.46. The van der Waals surface area contributed by atoms with E-state index in [0.717, 1.165) is 0 Å². The van der Waals surface area contributed by atoms with E-state index in [1.54, 1.807) is 22.2 Å². The Bertz CT molecular complexity index is 1160. The van der Waals surface area contributed by atoms with Crippen molar-refractivity contribution in [1.82, 2.24) is 24.1 Å². The number of aromatic nitrogens is 3. The summed E-state index contributed by atoms with van der Waals surface area (Å²) in [6.07, 6.45) is 3.53. The number of pyridine rings is 1. The van der Waals surface area contributed by atoms with Gasteiger partial charge in [-0.2, -0.15) is 9.78 Å². The summed E-state index contributed by atoms with van der Waals surface area (Å²) in [5, 5.41) is 4.54. The molecule has 0 radical (unpaired) electrons. The predicted molar refractivity (Wildman–Crippen MR) is 124 cm³/mol. The van der Waals surface area contributed by atoms with E-state index in [0.29, 0.717) is 55.3 Å². The summed E-state index contributed by atoms with van der Waals surface area (Å²) in [7, 11) is 0. The fourth-order valence-corrected chi connectivity index (χ4v) is 3.94. The van der Waals surface area contributed by atoms with Crippen LogP contribution in [0.2, 0.25) is 0 Å². The lowest BCUT2D eigenvalue weighted by molar-refractivity contribution is -0.137. The van der Waals surface area contributed by atoms with E-state index < -0.39 is 0 Å². The molecule has 0 saturated carbocycles. The van der Waals surface area contributed by atoms with Crippen molar-refractivity contribution in [2.24, 2.45) is 0 Å². The fourth-order valence-electron chi connectivity index (χ4n) is 3.94. The second kappa shape index (κ2) is 9.58. The average Bonchev–Trinajstić information content (AvgIpc) is 3.18. The van der Waals surface area contributed by atoms with Crippen LogP contribution in [0, 0.1) is 0 Å². The third-order valence-electron chi connectivity index (χ3n) is 5.87. The van der Waals surface area contributed by atoms with E-state index >= 15 is 0 Å². The van der Waals surface area contributed by atoms with Crippen LogP contribution in [0.15, 0.2) is 47.5 Å². The molecule has 0 N–H and O–H groups in total. The minimum atomic E-state index is -0.258. The molecule has 0 spiro atoms. The zero-order chi connectivity index (χ0) is 23.5. The van der Waals surface area contributed by atoms with Gasteiger partial charge in [0.25, 0.3) is 11.5 Å². The third-order valence-corrected chi connectivity index (χ3v) is 5.87. The summed E-state index contributed by atoms with van der Waals surface area (Å²) < 4.78 is 8.43. The highest BCUT2D eigenvalue weighted by Gasteiger charge is 2.30. The highest BCUT2D eigenvalue weighted by atomic mass is 16.5. The lowest BCUT2D eigenvalue weighted by Crippen LogP contribution is -2.51. The summed E-state index contributed by atoms with van der Waals surface area (Å²) in [4.78, 5) is 42.3. The molecule has 0 unspecified atom stereocenters. The number of rotatable bonds is 6. The zero-order valence-electron chi connectivity index (χ0n) is 19.2. The quantitative estimate of drug-likeness (QED) is 0.572. The van der Waals surface area contributed by atoms with Gasteiger partial charge in [0, 0.05) is 51.2 Å². The van der Waals surface area contributed by atoms with Crippen molar-refractivity contribution >= 4 is 11.8 Å². The average molecular weight is 452 g/mol. The van der Waals surface area contributed by atoms with E-state index in [9.17, 15) is 14.4 Å². The highest BCUT2D eigenvalue weighted by molar-refractivity contribution is 6.00. The number of piperazine rings is 1. The summed E-state index contributed by atoms with van der Waals surface area (Å²) in [5.41, 5.74) is 1.58. The van der Waals surface area contributed by atoms with E-state index in [2.05, 4.69) is 5.10 Å². The Morgan fingerprint density at radius 2 is 1.70 bits per heavy atom. The molecule has 3 heterocycles. The van der Waals surface area contributed by atoms with Crippen molar-refractivity contribution in [3.63, 3.8) is 0 Å².